The number of hydrogen-bond acceptors (Lipinski definition) is 3. The van der Waals surface area contributed by atoms with E-state index in [-0.39, 0.29) is 24.2 Å². The van der Waals surface area contributed by atoms with E-state index in [2.05, 4.69) is 17.3 Å². The van der Waals surface area contributed by atoms with Crippen LogP contribution in [0.3, 0.4) is 0 Å². The van der Waals surface area contributed by atoms with Crippen molar-refractivity contribution in [3.05, 3.63) is 16.3 Å². The lowest BCUT2D eigenvalue weighted by Gasteiger charge is -2.13. The smallest absolute Gasteiger partial charge is 0.346 e. The molecule has 2 rings (SSSR count). The van der Waals surface area contributed by atoms with E-state index in [4.69, 9.17) is 0 Å². The van der Waals surface area contributed by atoms with Crippen LogP contribution in [0.4, 0.5) is 0 Å². The summed E-state index contributed by atoms with van der Waals surface area (Å²) in [6.45, 7) is 4.93. The zero-order valence-corrected chi connectivity index (χ0v) is 13.8. The van der Waals surface area contributed by atoms with Gasteiger partial charge in [-0.2, -0.15) is 5.10 Å². The second-order valence-corrected chi connectivity index (χ2v) is 6.28. The number of aromatic nitrogens is 3. The summed E-state index contributed by atoms with van der Waals surface area (Å²) in [5, 5.41) is 7.30. The largest absolute Gasteiger partial charge is 0.352 e. The minimum Gasteiger partial charge on any atom is -0.352 e. The van der Waals surface area contributed by atoms with E-state index in [9.17, 15) is 9.59 Å². The van der Waals surface area contributed by atoms with Gasteiger partial charge in [0.05, 0.1) is 0 Å². The van der Waals surface area contributed by atoms with Crippen LogP contribution in [0.1, 0.15) is 64.6 Å². The van der Waals surface area contributed by atoms with Gasteiger partial charge in [0.25, 0.3) is 0 Å². The summed E-state index contributed by atoms with van der Waals surface area (Å²) in [7, 11) is 0. The maximum atomic E-state index is 12.3. The Bertz CT molecular complexity index is 547. The average Bonchev–Trinajstić information content (AvgIpc) is 2.66. The van der Waals surface area contributed by atoms with E-state index in [0.29, 0.717) is 0 Å². The molecule has 1 aliphatic rings. The number of fused-ring (bicyclic) bond motifs is 1. The Labute approximate surface area is 131 Å². The number of nitrogens with zero attached hydrogens (tertiary/aromatic N) is 3. The molecule has 0 aromatic carbocycles. The number of nitrogens with one attached hydrogen (secondary N) is 1. The van der Waals surface area contributed by atoms with Crippen LogP contribution in [0.25, 0.3) is 0 Å². The molecule has 1 aromatic heterocycles. The maximum absolute atomic E-state index is 12.3. The molecule has 1 aliphatic heterocycles. The second-order valence-electron chi connectivity index (χ2n) is 6.28. The quantitative estimate of drug-likeness (QED) is 0.782. The van der Waals surface area contributed by atoms with E-state index in [1.165, 1.54) is 17.5 Å². The van der Waals surface area contributed by atoms with Crippen molar-refractivity contribution in [2.75, 3.05) is 0 Å². The van der Waals surface area contributed by atoms with Gasteiger partial charge in [0.15, 0.2) is 0 Å². The number of hydrogen-bond donors (Lipinski definition) is 1. The molecule has 1 atom stereocenters. The summed E-state index contributed by atoms with van der Waals surface area (Å²) in [4.78, 5) is 24.4. The highest BCUT2D eigenvalue weighted by Gasteiger charge is 2.17. The highest BCUT2D eigenvalue weighted by molar-refractivity contribution is 5.75. The molecule has 0 fully saturated rings. The second kappa shape index (κ2) is 8.15. The molecule has 1 amide bonds. The molecule has 0 spiro atoms. The van der Waals surface area contributed by atoms with E-state index < -0.39 is 0 Å². The van der Waals surface area contributed by atoms with Gasteiger partial charge in [-0.25, -0.2) is 9.48 Å². The van der Waals surface area contributed by atoms with E-state index in [0.717, 1.165) is 50.9 Å². The van der Waals surface area contributed by atoms with Gasteiger partial charge in [-0.05, 0) is 26.2 Å². The Kier molecular flexibility index (Phi) is 6.21. The van der Waals surface area contributed by atoms with Crippen LogP contribution in [-0.4, -0.2) is 26.3 Å². The van der Waals surface area contributed by atoms with Gasteiger partial charge in [0.2, 0.25) is 5.91 Å². The molecule has 6 nitrogen and oxygen atoms in total. The lowest BCUT2D eigenvalue weighted by Crippen LogP contribution is -2.38. The molecule has 0 saturated heterocycles. The summed E-state index contributed by atoms with van der Waals surface area (Å²) in [5.74, 6) is 0.700. The molecular weight excluding hydrogens is 280 g/mol. The number of amides is 1. The van der Waals surface area contributed by atoms with Crippen LogP contribution in [0, 0.1) is 0 Å². The maximum Gasteiger partial charge on any atom is 0.346 e. The van der Waals surface area contributed by atoms with Crippen molar-refractivity contribution in [2.24, 2.45) is 0 Å². The Morgan fingerprint density at radius 2 is 2.14 bits per heavy atom. The molecular formula is C16H28N4O2. The van der Waals surface area contributed by atoms with Gasteiger partial charge in [-0.3, -0.25) is 9.36 Å². The van der Waals surface area contributed by atoms with E-state index in [1.807, 2.05) is 6.92 Å². The van der Waals surface area contributed by atoms with Gasteiger partial charge in [0, 0.05) is 19.0 Å². The molecule has 1 N–H and O–H groups in total. The molecule has 0 saturated carbocycles. The molecule has 6 heteroatoms. The predicted molar refractivity (Wildman–Crippen MR) is 85.8 cm³/mol. The van der Waals surface area contributed by atoms with Crippen LogP contribution < -0.4 is 11.0 Å². The van der Waals surface area contributed by atoms with Crippen LogP contribution in [-0.2, 0) is 24.3 Å². The SMILES string of the molecule is CCCCCC(C)NC(=O)Cn1nc2n(c1=O)CCCCC2. The Balaban J connectivity index is 1.90. The first-order chi connectivity index (χ1) is 10.6. The summed E-state index contributed by atoms with van der Waals surface area (Å²) in [5.41, 5.74) is -0.148. The van der Waals surface area contributed by atoms with Crippen molar-refractivity contribution in [1.82, 2.24) is 19.7 Å². The number of rotatable bonds is 7. The first-order valence-corrected chi connectivity index (χ1v) is 8.57. The fourth-order valence-electron chi connectivity index (χ4n) is 2.96. The van der Waals surface area contributed by atoms with Crippen molar-refractivity contribution < 1.29 is 4.79 Å². The third kappa shape index (κ3) is 4.45. The molecule has 0 bridgehead atoms. The van der Waals surface area contributed by atoms with Crippen LogP contribution >= 0.6 is 0 Å². The van der Waals surface area contributed by atoms with Crippen molar-refractivity contribution in [3.63, 3.8) is 0 Å². The lowest BCUT2D eigenvalue weighted by atomic mass is 10.1. The highest BCUT2D eigenvalue weighted by atomic mass is 16.2. The third-order valence-corrected chi connectivity index (χ3v) is 4.22. The lowest BCUT2D eigenvalue weighted by molar-refractivity contribution is -0.122. The van der Waals surface area contributed by atoms with Crippen molar-refractivity contribution in [3.8, 4) is 0 Å². The van der Waals surface area contributed by atoms with Crippen LogP contribution in [0.2, 0.25) is 0 Å². The summed E-state index contributed by atoms with van der Waals surface area (Å²) in [6.07, 6.45) is 8.51. The van der Waals surface area contributed by atoms with Gasteiger partial charge < -0.3 is 5.32 Å². The predicted octanol–water partition coefficient (Wildman–Crippen LogP) is 1.86. The summed E-state index contributed by atoms with van der Waals surface area (Å²) >= 11 is 0. The fourth-order valence-corrected chi connectivity index (χ4v) is 2.96. The Morgan fingerprint density at radius 3 is 2.91 bits per heavy atom. The zero-order chi connectivity index (χ0) is 15.9. The van der Waals surface area contributed by atoms with Crippen molar-refractivity contribution >= 4 is 5.91 Å². The first kappa shape index (κ1) is 16.8. The normalized spacial score (nSPS) is 15.9. The highest BCUT2D eigenvalue weighted by Crippen LogP contribution is 2.10. The minimum absolute atomic E-state index is 0.0248. The van der Waals surface area contributed by atoms with E-state index in [1.54, 1.807) is 4.57 Å². The van der Waals surface area contributed by atoms with E-state index >= 15 is 0 Å². The molecule has 22 heavy (non-hydrogen) atoms. The van der Waals surface area contributed by atoms with Gasteiger partial charge in [-0.15, -0.1) is 0 Å². The average molecular weight is 308 g/mol. The number of carbonyl (C=O) groups is 1. The van der Waals surface area contributed by atoms with Gasteiger partial charge in [-0.1, -0.05) is 32.6 Å². The first-order valence-electron chi connectivity index (χ1n) is 8.57. The fraction of sp³-hybridized carbons (Fsp3) is 0.812. The molecule has 124 valence electrons. The monoisotopic (exact) mass is 308 g/mol. The number of carbonyl (C=O) groups excluding carboxylic acids is 1. The number of aryl methyl sites for hydroxylation is 1. The van der Waals surface area contributed by atoms with Gasteiger partial charge in [0.1, 0.15) is 12.4 Å². The topological polar surface area (TPSA) is 68.9 Å². The molecule has 1 aromatic rings. The van der Waals surface area contributed by atoms with Crippen molar-refractivity contribution in [1.29, 1.82) is 0 Å². The Morgan fingerprint density at radius 1 is 1.32 bits per heavy atom. The third-order valence-electron chi connectivity index (χ3n) is 4.22. The number of unbranched alkanes of at least 4 members (excludes halogenated alkanes) is 2. The van der Waals surface area contributed by atoms with Crippen molar-refractivity contribution in [2.45, 2.75) is 84.3 Å². The molecule has 0 aliphatic carbocycles. The van der Waals surface area contributed by atoms with Gasteiger partial charge >= 0.3 is 5.69 Å². The zero-order valence-electron chi connectivity index (χ0n) is 13.8. The molecule has 2 heterocycles. The van der Waals surface area contributed by atoms with Crippen LogP contribution in [0.5, 0.6) is 0 Å². The summed E-state index contributed by atoms with van der Waals surface area (Å²) < 4.78 is 3.04. The summed E-state index contributed by atoms with van der Waals surface area (Å²) in [6, 6.07) is 0.148. The molecule has 1 unspecified atom stereocenters. The Hall–Kier alpha value is -1.59. The van der Waals surface area contributed by atoms with Crippen LogP contribution in [0.15, 0.2) is 4.79 Å². The molecule has 0 radical (unpaired) electrons. The minimum atomic E-state index is -0.148. The standard InChI is InChI=1S/C16H28N4O2/c1-3-4-6-9-13(2)17-15(21)12-20-16(22)19-11-8-5-7-10-14(19)18-20/h13H,3-12H2,1-2H3,(H,17,21).